The molecule has 10 heteroatoms. The van der Waals surface area contributed by atoms with Gasteiger partial charge in [0.25, 0.3) is 5.56 Å². The average molecular weight is 297 g/mol. The van der Waals surface area contributed by atoms with Gasteiger partial charge in [0, 0.05) is 0 Å². The van der Waals surface area contributed by atoms with Crippen LogP contribution in [0.5, 0.6) is 0 Å². The van der Waals surface area contributed by atoms with Crippen LogP contribution < -0.4 is 11.3 Å². The number of hydrogen-bond acceptors (Lipinski definition) is 7. The molecular formula is C11H12FN5O4. The Morgan fingerprint density at radius 1 is 1.52 bits per heavy atom. The van der Waals surface area contributed by atoms with Gasteiger partial charge in [-0.1, -0.05) is 0 Å². The molecule has 1 saturated carbocycles. The van der Waals surface area contributed by atoms with Crippen LogP contribution in [-0.2, 0) is 4.74 Å². The van der Waals surface area contributed by atoms with Crippen LogP contribution >= 0.6 is 0 Å². The standard InChI is InChI=1S/C11H12FN5O4/c12-1-11-4(18)6(11)21-9(5(11)19)17-2-14-3-7(17)15-10(13)16-8(3)20/h2,4-6,9,18-19H,1H2,(H3,13,15,16,20)/t4?,5-,6+,9?,11+/m0/s1. The molecule has 2 aliphatic rings. The molecule has 5 atom stereocenters. The van der Waals surface area contributed by atoms with E-state index in [0.717, 1.165) is 0 Å². The predicted octanol–water partition coefficient (Wildman–Crippen LogP) is -1.71. The van der Waals surface area contributed by atoms with E-state index >= 15 is 0 Å². The summed E-state index contributed by atoms with van der Waals surface area (Å²) in [5.41, 5.74) is 3.82. The predicted molar refractivity (Wildman–Crippen MR) is 66.9 cm³/mol. The molecule has 112 valence electrons. The Kier molecular flexibility index (Phi) is 2.28. The molecule has 1 aliphatic heterocycles. The molecule has 0 amide bonds. The van der Waals surface area contributed by atoms with Crippen molar-refractivity contribution in [1.82, 2.24) is 19.5 Å². The highest BCUT2D eigenvalue weighted by Crippen LogP contribution is 2.61. The highest BCUT2D eigenvalue weighted by molar-refractivity contribution is 5.70. The van der Waals surface area contributed by atoms with E-state index in [1.807, 2.05) is 0 Å². The largest absolute Gasteiger partial charge is 0.389 e. The zero-order chi connectivity index (χ0) is 14.9. The Bertz CT molecular complexity index is 791. The second-order valence-electron chi connectivity index (χ2n) is 5.36. The highest BCUT2D eigenvalue weighted by Gasteiger charge is 2.77. The van der Waals surface area contributed by atoms with Crippen LogP contribution in [0.3, 0.4) is 0 Å². The van der Waals surface area contributed by atoms with Crippen molar-refractivity contribution in [3.63, 3.8) is 0 Å². The van der Waals surface area contributed by atoms with E-state index in [0.29, 0.717) is 0 Å². The maximum Gasteiger partial charge on any atom is 0.280 e. The van der Waals surface area contributed by atoms with Crippen molar-refractivity contribution in [2.24, 2.45) is 5.41 Å². The SMILES string of the molecule is Nc1nc2c(ncn2C2O[C@@H]3C(O)[C@]3(CF)[C@H]2O)c(=O)[nH]1. The number of aliphatic hydroxyl groups excluding tert-OH is 2. The van der Waals surface area contributed by atoms with E-state index in [2.05, 4.69) is 15.0 Å². The first-order valence-electron chi connectivity index (χ1n) is 6.30. The monoisotopic (exact) mass is 297 g/mol. The number of aromatic amines is 1. The molecule has 0 radical (unpaired) electrons. The fourth-order valence-electron chi connectivity index (χ4n) is 3.02. The number of halogens is 1. The number of anilines is 1. The Hall–Kier alpha value is -2.04. The summed E-state index contributed by atoms with van der Waals surface area (Å²) in [6.45, 7) is -0.903. The molecule has 0 aromatic carbocycles. The lowest BCUT2D eigenvalue weighted by Crippen LogP contribution is -2.33. The third-order valence-electron chi connectivity index (χ3n) is 4.32. The number of nitrogens with zero attached hydrogens (tertiary/aromatic N) is 3. The normalized spacial score (nSPS) is 37.9. The van der Waals surface area contributed by atoms with Gasteiger partial charge in [-0.05, 0) is 0 Å². The summed E-state index contributed by atoms with van der Waals surface area (Å²) in [5.74, 6) is -0.105. The molecule has 5 N–H and O–H groups in total. The number of rotatable bonds is 2. The second kappa shape index (κ2) is 3.78. The van der Waals surface area contributed by atoms with Crippen LogP contribution in [0, 0.1) is 5.41 Å². The van der Waals surface area contributed by atoms with E-state index in [4.69, 9.17) is 10.5 Å². The molecule has 2 aromatic heterocycles. The average Bonchev–Trinajstić information content (AvgIpc) is 2.75. The van der Waals surface area contributed by atoms with Gasteiger partial charge in [-0.15, -0.1) is 0 Å². The number of aromatic nitrogens is 4. The Balaban J connectivity index is 1.81. The van der Waals surface area contributed by atoms with Crippen molar-refractivity contribution in [3.8, 4) is 0 Å². The smallest absolute Gasteiger partial charge is 0.280 e. The van der Waals surface area contributed by atoms with Crippen LogP contribution in [0.1, 0.15) is 6.23 Å². The van der Waals surface area contributed by atoms with Crippen LogP contribution in [0.4, 0.5) is 10.3 Å². The first kappa shape index (κ1) is 12.7. The minimum Gasteiger partial charge on any atom is -0.389 e. The lowest BCUT2D eigenvalue weighted by atomic mass is 10.0. The molecule has 2 unspecified atom stereocenters. The maximum atomic E-state index is 13.2. The number of alkyl halides is 1. The van der Waals surface area contributed by atoms with Crippen molar-refractivity contribution < 1.29 is 19.3 Å². The van der Waals surface area contributed by atoms with Gasteiger partial charge < -0.3 is 20.7 Å². The van der Waals surface area contributed by atoms with Crippen molar-refractivity contribution in [2.45, 2.75) is 24.5 Å². The maximum absolute atomic E-state index is 13.2. The third-order valence-corrected chi connectivity index (χ3v) is 4.32. The van der Waals surface area contributed by atoms with Crippen LogP contribution in [0.2, 0.25) is 0 Å². The number of aliphatic hydroxyl groups is 2. The number of nitrogens with two attached hydrogens (primary N) is 1. The molecule has 2 fully saturated rings. The number of fused-ring (bicyclic) bond motifs is 2. The molecular weight excluding hydrogens is 285 g/mol. The lowest BCUT2D eigenvalue weighted by Gasteiger charge is -2.23. The van der Waals surface area contributed by atoms with Crippen molar-refractivity contribution in [2.75, 3.05) is 12.4 Å². The van der Waals surface area contributed by atoms with Gasteiger partial charge in [-0.25, -0.2) is 4.98 Å². The summed E-state index contributed by atoms with van der Waals surface area (Å²) >= 11 is 0. The minimum absolute atomic E-state index is 0.0374. The summed E-state index contributed by atoms with van der Waals surface area (Å²) in [5, 5.41) is 19.9. The zero-order valence-corrected chi connectivity index (χ0v) is 10.6. The number of ether oxygens (including phenoxy) is 1. The van der Waals surface area contributed by atoms with Crippen LogP contribution in [0.25, 0.3) is 11.2 Å². The van der Waals surface area contributed by atoms with E-state index in [9.17, 15) is 19.4 Å². The number of H-pyrrole nitrogens is 1. The number of nitrogen functional groups attached to an aromatic ring is 1. The van der Waals surface area contributed by atoms with E-state index in [1.54, 1.807) is 0 Å². The fourth-order valence-corrected chi connectivity index (χ4v) is 3.02. The fraction of sp³-hybridized carbons (Fsp3) is 0.545. The summed E-state index contributed by atoms with van der Waals surface area (Å²) in [4.78, 5) is 21.9. The molecule has 0 bridgehead atoms. The third kappa shape index (κ3) is 1.36. The summed E-state index contributed by atoms with van der Waals surface area (Å²) in [6, 6.07) is 0. The van der Waals surface area contributed by atoms with Gasteiger partial charge >= 0.3 is 0 Å². The molecule has 0 spiro atoms. The number of imidazole rings is 1. The Morgan fingerprint density at radius 2 is 2.29 bits per heavy atom. The van der Waals surface area contributed by atoms with Crippen molar-refractivity contribution in [1.29, 1.82) is 0 Å². The summed E-state index contributed by atoms with van der Waals surface area (Å²) < 4.78 is 20.0. The zero-order valence-electron chi connectivity index (χ0n) is 10.6. The molecule has 2 aromatic rings. The van der Waals surface area contributed by atoms with Gasteiger partial charge in [0.05, 0.1) is 17.8 Å². The van der Waals surface area contributed by atoms with Crippen molar-refractivity contribution in [3.05, 3.63) is 16.7 Å². The van der Waals surface area contributed by atoms with Gasteiger partial charge in [0.15, 0.2) is 17.4 Å². The van der Waals surface area contributed by atoms with E-state index in [-0.39, 0.29) is 17.1 Å². The van der Waals surface area contributed by atoms with Crippen LogP contribution in [0.15, 0.2) is 11.1 Å². The first-order chi connectivity index (χ1) is 10.0. The summed E-state index contributed by atoms with van der Waals surface area (Å²) in [6.07, 6.45) is -2.80. The van der Waals surface area contributed by atoms with Gasteiger partial charge in [-0.3, -0.25) is 18.7 Å². The first-order valence-corrected chi connectivity index (χ1v) is 6.30. The molecule has 1 aliphatic carbocycles. The van der Waals surface area contributed by atoms with E-state index in [1.165, 1.54) is 10.9 Å². The number of hydrogen-bond donors (Lipinski definition) is 4. The molecule has 3 heterocycles. The van der Waals surface area contributed by atoms with Crippen molar-refractivity contribution >= 4 is 17.1 Å². The van der Waals surface area contributed by atoms with Gasteiger partial charge in [-0.2, -0.15) is 4.98 Å². The summed E-state index contributed by atoms with van der Waals surface area (Å²) in [7, 11) is 0. The number of nitrogens with one attached hydrogen (secondary N) is 1. The Morgan fingerprint density at radius 3 is 2.95 bits per heavy atom. The lowest BCUT2D eigenvalue weighted by molar-refractivity contribution is -0.0786. The molecule has 4 rings (SSSR count). The second-order valence-corrected chi connectivity index (χ2v) is 5.36. The molecule has 1 saturated heterocycles. The van der Waals surface area contributed by atoms with Gasteiger partial charge in [0.1, 0.15) is 18.9 Å². The van der Waals surface area contributed by atoms with E-state index < -0.39 is 42.2 Å². The Labute approximate surface area is 116 Å². The topological polar surface area (TPSA) is 139 Å². The highest BCUT2D eigenvalue weighted by atomic mass is 19.1. The quantitative estimate of drug-likeness (QED) is 0.517. The molecule has 21 heavy (non-hydrogen) atoms. The minimum atomic E-state index is -1.31. The molecule has 9 nitrogen and oxygen atoms in total. The van der Waals surface area contributed by atoms with Gasteiger partial charge in [0.2, 0.25) is 5.95 Å². The van der Waals surface area contributed by atoms with Crippen LogP contribution in [-0.4, -0.2) is 54.7 Å².